The summed E-state index contributed by atoms with van der Waals surface area (Å²) in [6.07, 6.45) is 0.624. The van der Waals surface area contributed by atoms with Gasteiger partial charge in [0.15, 0.2) is 5.82 Å². The van der Waals surface area contributed by atoms with E-state index in [1.54, 1.807) is 26.4 Å². The van der Waals surface area contributed by atoms with E-state index in [1.807, 2.05) is 65.6 Å². The summed E-state index contributed by atoms with van der Waals surface area (Å²) in [5.41, 5.74) is 4.42. The second-order valence-corrected chi connectivity index (χ2v) is 9.79. The first-order chi connectivity index (χ1) is 19.1. The molecule has 1 saturated heterocycles. The van der Waals surface area contributed by atoms with E-state index in [4.69, 9.17) is 31.0 Å². The number of ether oxygens (including phenoxy) is 2. The van der Waals surface area contributed by atoms with Crippen LogP contribution in [0.5, 0.6) is 5.75 Å². The number of amides is 1. The fraction of sp³-hybridized carbons (Fsp3) is 0.258. The lowest BCUT2D eigenvalue weighted by Crippen LogP contribution is -2.49. The average Bonchev–Trinajstić information content (AvgIpc) is 2.98. The van der Waals surface area contributed by atoms with Crippen molar-refractivity contribution in [2.45, 2.75) is 13.0 Å². The van der Waals surface area contributed by atoms with Crippen LogP contribution in [0.15, 0.2) is 78.9 Å². The Kier molecular flexibility index (Phi) is 8.39. The third-order valence-electron chi connectivity index (χ3n) is 6.87. The summed E-state index contributed by atoms with van der Waals surface area (Å²) in [6.45, 7) is 2.76. The highest BCUT2D eigenvalue weighted by Crippen LogP contribution is 2.30. The van der Waals surface area contributed by atoms with Gasteiger partial charge in [0, 0.05) is 50.8 Å². The Morgan fingerprint density at radius 3 is 2.36 bits per heavy atom. The minimum Gasteiger partial charge on any atom is -0.497 e. The number of carbonyl (C=O) groups is 1. The summed E-state index contributed by atoms with van der Waals surface area (Å²) in [4.78, 5) is 27.3. The molecule has 0 saturated carbocycles. The van der Waals surface area contributed by atoms with Gasteiger partial charge in [-0.15, -0.1) is 0 Å². The Hall–Kier alpha value is -3.94. The molecule has 0 atom stereocenters. The molecule has 1 aliphatic heterocycles. The van der Waals surface area contributed by atoms with Crippen molar-refractivity contribution < 1.29 is 14.3 Å². The Balaban J connectivity index is 1.50. The van der Waals surface area contributed by atoms with Gasteiger partial charge >= 0.3 is 0 Å². The fourth-order valence-electron chi connectivity index (χ4n) is 4.85. The maximum atomic E-state index is 13.2. The van der Waals surface area contributed by atoms with E-state index < -0.39 is 0 Å². The topological polar surface area (TPSA) is 67.8 Å². The van der Waals surface area contributed by atoms with Crippen molar-refractivity contribution in [3.63, 3.8) is 0 Å². The highest BCUT2D eigenvalue weighted by molar-refractivity contribution is 6.33. The van der Waals surface area contributed by atoms with Crippen LogP contribution in [0.3, 0.4) is 0 Å². The summed E-state index contributed by atoms with van der Waals surface area (Å²) >= 11 is 6.31. The first-order valence-electron chi connectivity index (χ1n) is 12.9. The summed E-state index contributed by atoms with van der Waals surface area (Å²) in [7, 11) is 3.35. The van der Waals surface area contributed by atoms with Crippen LogP contribution < -0.4 is 9.64 Å². The largest absolute Gasteiger partial charge is 0.497 e. The zero-order chi connectivity index (χ0) is 27.2. The first kappa shape index (κ1) is 26.7. The molecule has 4 aromatic rings. The van der Waals surface area contributed by atoms with Crippen LogP contribution in [0.4, 0.5) is 5.82 Å². The van der Waals surface area contributed by atoms with E-state index in [2.05, 4.69) is 11.0 Å². The van der Waals surface area contributed by atoms with Crippen molar-refractivity contribution in [1.82, 2.24) is 14.9 Å². The van der Waals surface area contributed by atoms with E-state index in [0.29, 0.717) is 55.6 Å². The maximum Gasteiger partial charge on any atom is 0.255 e. The number of rotatable bonds is 8. The third kappa shape index (κ3) is 6.05. The van der Waals surface area contributed by atoms with E-state index >= 15 is 0 Å². The van der Waals surface area contributed by atoms with Gasteiger partial charge in [-0.2, -0.15) is 0 Å². The summed E-state index contributed by atoms with van der Waals surface area (Å²) in [5, 5.41) is 0.470. The minimum absolute atomic E-state index is 0.0513. The Labute approximate surface area is 234 Å². The summed E-state index contributed by atoms with van der Waals surface area (Å²) in [6, 6.07) is 25.2. The lowest BCUT2D eigenvalue weighted by atomic mass is 10.0. The van der Waals surface area contributed by atoms with Gasteiger partial charge in [-0.3, -0.25) is 4.79 Å². The molecule has 1 aromatic heterocycles. The van der Waals surface area contributed by atoms with Gasteiger partial charge in [0.1, 0.15) is 11.6 Å². The fourth-order valence-corrected chi connectivity index (χ4v) is 5.06. The van der Waals surface area contributed by atoms with Crippen molar-refractivity contribution in [2.24, 2.45) is 0 Å². The predicted octanol–water partition coefficient (Wildman–Crippen LogP) is 5.51. The second-order valence-electron chi connectivity index (χ2n) is 9.38. The van der Waals surface area contributed by atoms with Gasteiger partial charge in [0.25, 0.3) is 5.91 Å². The number of hydrogen-bond acceptors (Lipinski definition) is 6. The molecule has 1 aliphatic rings. The van der Waals surface area contributed by atoms with E-state index in [9.17, 15) is 4.79 Å². The number of anilines is 1. The van der Waals surface area contributed by atoms with Gasteiger partial charge in [-0.05, 0) is 29.8 Å². The number of carbonyl (C=O) groups excluding carboxylic acids is 1. The lowest BCUT2D eigenvalue weighted by molar-refractivity contribution is 0.0746. The molecule has 0 spiro atoms. The molecule has 0 unspecified atom stereocenters. The van der Waals surface area contributed by atoms with Gasteiger partial charge in [-0.25, -0.2) is 9.97 Å². The van der Waals surface area contributed by atoms with Crippen LogP contribution in [0.2, 0.25) is 5.02 Å². The summed E-state index contributed by atoms with van der Waals surface area (Å²) in [5.74, 6) is 2.27. The van der Waals surface area contributed by atoms with Crippen LogP contribution in [-0.4, -0.2) is 61.2 Å². The average molecular weight is 543 g/mol. The van der Waals surface area contributed by atoms with Crippen LogP contribution in [0.25, 0.3) is 11.4 Å². The number of nitrogens with zero attached hydrogens (tertiary/aromatic N) is 4. The highest BCUT2D eigenvalue weighted by atomic mass is 35.5. The Bertz CT molecular complexity index is 1440. The van der Waals surface area contributed by atoms with E-state index in [1.165, 1.54) is 0 Å². The standard InChI is InChI=1S/C31H31ClN4O3/c1-38-21-28-26(20-22-9-8-12-24(19-22)39-2)30(34-29(33-28)23-10-4-3-5-11-23)35-15-17-36(18-16-35)31(37)25-13-6-7-14-27(25)32/h3-14,19H,15-18,20-21H2,1-2H3. The van der Waals surface area contributed by atoms with Crippen LogP contribution in [0, 0.1) is 0 Å². The molecule has 2 heterocycles. The van der Waals surface area contributed by atoms with Crippen molar-refractivity contribution in [3.8, 4) is 17.1 Å². The molecule has 3 aromatic carbocycles. The third-order valence-corrected chi connectivity index (χ3v) is 7.20. The van der Waals surface area contributed by atoms with Crippen molar-refractivity contribution in [3.05, 3.63) is 106 Å². The molecule has 7 nitrogen and oxygen atoms in total. The molecule has 0 aliphatic carbocycles. The molecule has 200 valence electrons. The van der Waals surface area contributed by atoms with Crippen LogP contribution in [-0.2, 0) is 17.8 Å². The molecule has 8 heteroatoms. The van der Waals surface area contributed by atoms with Gasteiger partial charge in [0.2, 0.25) is 0 Å². The smallest absolute Gasteiger partial charge is 0.255 e. The monoisotopic (exact) mass is 542 g/mol. The van der Waals surface area contributed by atoms with Crippen molar-refractivity contribution >= 4 is 23.3 Å². The van der Waals surface area contributed by atoms with Gasteiger partial charge in [0.05, 0.1) is 30.0 Å². The van der Waals surface area contributed by atoms with E-state index in [-0.39, 0.29) is 5.91 Å². The minimum atomic E-state index is -0.0513. The van der Waals surface area contributed by atoms with Gasteiger partial charge < -0.3 is 19.3 Å². The predicted molar refractivity (Wildman–Crippen MR) is 154 cm³/mol. The highest BCUT2D eigenvalue weighted by Gasteiger charge is 2.27. The van der Waals surface area contributed by atoms with E-state index in [0.717, 1.165) is 34.0 Å². The Morgan fingerprint density at radius 1 is 0.897 bits per heavy atom. The Morgan fingerprint density at radius 2 is 1.64 bits per heavy atom. The second kappa shape index (κ2) is 12.3. The zero-order valence-corrected chi connectivity index (χ0v) is 22.9. The van der Waals surface area contributed by atoms with Crippen molar-refractivity contribution in [2.75, 3.05) is 45.3 Å². The number of hydrogen-bond donors (Lipinski definition) is 0. The number of piperazine rings is 1. The van der Waals surface area contributed by atoms with Crippen LogP contribution in [0.1, 0.15) is 27.2 Å². The maximum absolute atomic E-state index is 13.2. The molecular formula is C31H31ClN4O3. The molecule has 39 heavy (non-hydrogen) atoms. The van der Waals surface area contributed by atoms with Crippen LogP contribution >= 0.6 is 11.6 Å². The molecule has 5 rings (SSSR count). The van der Waals surface area contributed by atoms with Gasteiger partial charge in [-0.1, -0.05) is 66.2 Å². The normalized spacial score (nSPS) is 13.4. The molecule has 1 amide bonds. The van der Waals surface area contributed by atoms with Crippen molar-refractivity contribution in [1.29, 1.82) is 0 Å². The number of methoxy groups -OCH3 is 2. The SMILES string of the molecule is COCc1nc(-c2ccccc2)nc(N2CCN(C(=O)c3ccccc3Cl)CC2)c1Cc1cccc(OC)c1. The quantitative estimate of drug-likeness (QED) is 0.293. The molecule has 0 bridgehead atoms. The first-order valence-corrected chi connectivity index (χ1v) is 13.3. The molecule has 0 radical (unpaired) electrons. The lowest BCUT2D eigenvalue weighted by Gasteiger charge is -2.37. The molecule has 1 fully saturated rings. The number of halogens is 1. The molecule has 0 N–H and O–H groups in total. The number of benzene rings is 3. The zero-order valence-electron chi connectivity index (χ0n) is 22.1. The summed E-state index contributed by atoms with van der Waals surface area (Å²) < 4.78 is 11.1. The number of aromatic nitrogens is 2. The molecular weight excluding hydrogens is 512 g/mol.